The van der Waals surface area contributed by atoms with Gasteiger partial charge in [-0.05, 0) is 25.0 Å². The van der Waals surface area contributed by atoms with Gasteiger partial charge in [-0.15, -0.1) is 24.0 Å². The topological polar surface area (TPSA) is 79.8 Å². The summed E-state index contributed by atoms with van der Waals surface area (Å²) in [6.45, 7) is 6.08. The molecule has 24 heavy (non-hydrogen) atoms. The number of sulfone groups is 1. The quantitative estimate of drug-likeness (QED) is 0.262. The fraction of sp³-hybridized carbons (Fsp3) is 0.562. The molecule has 6 nitrogen and oxygen atoms in total. The van der Waals surface area contributed by atoms with Gasteiger partial charge in [0.1, 0.15) is 9.84 Å². The Bertz CT molecular complexity index is 633. The predicted molar refractivity (Wildman–Crippen MR) is 110 cm³/mol. The second-order valence-electron chi connectivity index (χ2n) is 5.52. The Kier molecular flexibility index (Phi) is 11.2. The summed E-state index contributed by atoms with van der Waals surface area (Å²) in [7, 11) is -1.25. The number of aryl methyl sites for hydroxylation is 2. The van der Waals surface area contributed by atoms with Crippen molar-refractivity contribution in [2.75, 3.05) is 38.8 Å². The van der Waals surface area contributed by atoms with Crippen molar-refractivity contribution in [1.29, 1.82) is 0 Å². The first kappa shape index (κ1) is 23.1. The molecule has 0 saturated heterocycles. The second kappa shape index (κ2) is 11.6. The first-order valence-electron chi connectivity index (χ1n) is 7.58. The standard InChI is InChI=1S/C16H27N3O3S.HI/c1-13-5-6-15(14(2)11-13)12-19-16(17-3)18-7-8-22-9-10-23(4,20)21;/h5-6,11H,7-10,12H2,1-4H3,(H2,17,18,19);1H. The molecule has 1 aromatic carbocycles. The van der Waals surface area contributed by atoms with Crippen LogP contribution in [0.1, 0.15) is 16.7 Å². The number of ether oxygens (including phenoxy) is 1. The molecular weight excluding hydrogens is 441 g/mol. The van der Waals surface area contributed by atoms with Crippen LogP contribution >= 0.6 is 24.0 Å². The minimum atomic E-state index is -2.96. The Morgan fingerprint density at radius 3 is 2.50 bits per heavy atom. The van der Waals surface area contributed by atoms with Crippen LogP contribution in [0.2, 0.25) is 0 Å². The second-order valence-corrected chi connectivity index (χ2v) is 7.78. The number of aliphatic imine (C=N–C) groups is 1. The third-order valence-corrected chi connectivity index (χ3v) is 4.21. The van der Waals surface area contributed by atoms with Crippen molar-refractivity contribution >= 4 is 39.8 Å². The zero-order chi connectivity index (χ0) is 17.3. The molecular formula is C16H28IN3O3S. The first-order valence-corrected chi connectivity index (χ1v) is 9.64. The molecule has 8 heteroatoms. The van der Waals surface area contributed by atoms with E-state index in [1.165, 1.54) is 22.9 Å². The van der Waals surface area contributed by atoms with E-state index in [2.05, 4.69) is 47.7 Å². The largest absolute Gasteiger partial charge is 0.379 e. The van der Waals surface area contributed by atoms with Gasteiger partial charge in [-0.1, -0.05) is 23.8 Å². The van der Waals surface area contributed by atoms with Crippen LogP contribution in [0.3, 0.4) is 0 Å². The maximum Gasteiger partial charge on any atom is 0.191 e. The average Bonchev–Trinajstić information content (AvgIpc) is 2.46. The molecule has 0 aliphatic rings. The molecule has 0 aromatic heterocycles. The Morgan fingerprint density at radius 2 is 1.92 bits per heavy atom. The lowest BCUT2D eigenvalue weighted by Crippen LogP contribution is -2.38. The minimum Gasteiger partial charge on any atom is -0.379 e. The number of benzene rings is 1. The third-order valence-electron chi connectivity index (χ3n) is 3.31. The summed E-state index contributed by atoms with van der Waals surface area (Å²) in [6.07, 6.45) is 1.20. The van der Waals surface area contributed by atoms with Crippen molar-refractivity contribution in [3.05, 3.63) is 34.9 Å². The van der Waals surface area contributed by atoms with E-state index in [1.807, 2.05) is 0 Å². The van der Waals surface area contributed by atoms with E-state index in [0.29, 0.717) is 25.7 Å². The van der Waals surface area contributed by atoms with Crippen LogP contribution in [0.4, 0.5) is 0 Å². The first-order chi connectivity index (χ1) is 10.8. The molecule has 138 valence electrons. The van der Waals surface area contributed by atoms with Crippen LogP contribution in [0.25, 0.3) is 0 Å². The van der Waals surface area contributed by atoms with Gasteiger partial charge in [0.05, 0.1) is 19.0 Å². The van der Waals surface area contributed by atoms with Gasteiger partial charge >= 0.3 is 0 Å². The molecule has 0 heterocycles. The summed E-state index contributed by atoms with van der Waals surface area (Å²) in [6, 6.07) is 6.36. The number of halogens is 1. The Morgan fingerprint density at radius 1 is 1.21 bits per heavy atom. The summed E-state index contributed by atoms with van der Waals surface area (Å²) in [5, 5.41) is 6.38. The fourth-order valence-electron chi connectivity index (χ4n) is 2.00. The molecule has 0 radical (unpaired) electrons. The van der Waals surface area contributed by atoms with Gasteiger partial charge in [-0.2, -0.15) is 0 Å². The van der Waals surface area contributed by atoms with E-state index >= 15 is 0 Å². The monoisotopic (exact) mass is 469 g/mol. The van der Waals surface area contributed by atoms with Gasteiger partial charge in [0, 0.05) is 26.4 Å². The van der Waals surface area contributed by atoms with Gasteiger partial charge in [-0.3, -0.25) is 4.99 Å². The molecule has 0 aliphatic heterocycles. The number of hydrogen-bond acceptors (Lipinski definition) is 4. The third kappa shape index (κ3) is 10.1. The fourth-order valence-corrected chi connectivity index (χ4v) is 2.42. The van der Waals surface area contributed by atoms with Crippen molar-refractivity contribution in [2.24, 2.45) is 4.99 Å². The molecule has 0 spiro atoms. The minimum absolute atomic E-state index is 0. The van der Waals surface area contributed by atoms with Gasteiger partial charge in [0.15, 0.2) is 5.96 Å². The predicted octanol–water partition coefficient (Wildman–Crippen LogP) is 1.65. The summed E-state index contributed by atoms with van der Waals surface area (Å²) >= 11 is 0. The summed E-state index contributed by atoms with van der Waals surface area (Å²) < 4.78 is 27.2. The molecule has 0 atom stereocenters. The summed E-state index contributed by atoms with van der Waals surface area (Å²) in [4.78, 5) is 4.15. The molecule has 0 aliphatic carbocycles. The maximum atomic E-state index is 11.0. The number of hydrogen-bond donors (Lipinski definition) is 2. The van der Waals surface area contributed by atoms with E-state index in [-0.39, 0.29) is 36.3 Å². The average molecular weight is 469 g/mol. The normalized spacial score (nSPS) is 11.8. The van der Waals surface area contributed by atoms with E-state index in [1.54, 1.807) is 7.05 Å². The van der Waals surface area contributed by atoms with Crippen LogP contribution in [0, 0.1) is 13.8 Å². The summed E-state index contributed by atoms with van der Waals surface area (Å²) in [5.74, 6) is 0.740. The lowest BCUT2D eigenvalue weighted by atomic mass is 10.1. The zero-order valence-electron chi connectivity index (χ0n) is 14.8. The van der Waals surface area contributed by atoms with Gasteiger partial charge in [0.2, 0.25) is 0 Å². The highest BCUT2D eigenvalue weighted by molar-refractivity contribution is 14.0. The Hall–Kier alpha value is -0.870. The van der Waals surface area contributed by atoms with Crippen molar-refractivity contribution in [3.8, 4) is 0 Å². The van der Waals surface area contributed by atoms with Gasteiger partial charge in [-0.25, -0.2) is 8.42 Å². The van der Waals surface area contributed by atoms with Crippen molar-refractivity contribution in [2.45, 2.75) is 20.4 Å². The number of rotatable bonds is 8. The van der Waals surface area contributed by atoms with Crippen molar-refractivity contribution < 1.29 is 13.2 Å². The van der Waals surface area contributed by atoms with E-state index in [0.717, 1.165) is 0 Å². The lowest BCUT2D eigenvalue weighted by molar-refractivity contribution is 0.154. The van der Waals surface area contributed by atoms with Crippen molar-refractivity contribution in [1.82, 2.24) is 10.6 Å². The number of guanidine groups is 1. The summed E-state index contributed by atoms with van der Waals surface area (Å²) in [5.41, 5.74) is 3.72. The molecule has 1 aromatic rings. The smallest absolute Gasteiger partial charge is 0.191 e. The Labute approximate surface area is 162 Å². The van der Waals surface area contributed by atoms with Crippen LogP contribution in [0.15, 0.2) is 23.2 Å². The highest BCUT2D eigenvalue weighted by Gasteiger charge is 2.03. The molecule has 1 rings (SSSR count). The number of nitrogens with zero attached hydrogens (tertiary/aromatic N) is 1. The van der Waals surface area contributed by atoms with Crippen LogP contribution in [-0.2, 0) is 21.1 Å². The van der Waals surface area contributed by atoms with Crippen LogP contribution < -0.4 is 10.6 Å². The zero-order valence-corrected chi connectivity index (χ0v) is 17.9. The van der Waals surface area contributed by atoms with E-state index in [9.17, 15) is 8.42 Å². The van der Waals surface area contributed by atoms with Crippen LogP contribution in [0.5, 0.6) is 0 Å². The van der Waals surface area contributed by atoms with Gasteiger partial charge in [0.25, 0.3) is 0 Å². The van der Waals surface area contributed by atoms with E-state index < -0.39 is 9.84 Å². The van der Waals surface area contributed by atoms with E-state index in [4.69, 9.17) is 4.74 Å². The molecule has 0 bridgehead atoms. The lowest BCUT2D eigenvalue weighted by Gasteiger charge is -2.13. The Balaban J connectivity index is 0.00000529. The molecule has 2 N–H and O–H groups in total. The molecule has 0 amide bonds. The maximum absolute atomic E-state index is 11.0. The SMILES string of the molecule is CN=C(NCCOCCS(C)(=O)=O)NCc1ccc(C)cc1C.I. The molecule has 0 saturated carbocycles. The number of nitrogens with one attached hydrogen (secondary N) is 2. The van der Waals surface area contributed by atoms with Gasteiger partial charge < -0.3 is 15.4 Å². The molecule has 0 unspecified atom stereocenters. The highest BCUT2D eigenvalue weighted by atomic mass is 127. The van der Waals surface area contributed by atoms with Crippen LogP contribution in [-0.4, -0.2) is 53.2 Å². The highest BCUT2D eigenvalue weighted by Crippen LogP contribution is 2.09. The molecule has 0 fully saturated rings. The van der Waals surface area contributed by atoms with Crippen molar-refractivity contribution in [3.63, 3.8) is 0 Å².